The summed E-state index contributed by atoms with van der Waals surface area (Å²) < 4.78 is 12.0. The van der Waals surface area contributed by atoms with Crippen molar-refractivity contribution in [3.63, 3.8) is 0 Å². The van der Waals surface area contributed by atoms with Crippen LogP contribution in [0.1, 0.15) is 35.4 Å². The molecule has 1 aliphatic rings. The number of oxazole rings is 1. The second-order valence-corrected chi connectivity index (χ2v) is 7.97. The summed E-state index contributed by atoms with van der Waals surface area (Å²) in [5.74, 6) is 1.55. The Bertz CT molecular complexity index is 1060. The molecule has 1 aromatic heterocycles. The Hall–Kier alpha value is -2.28. The molecule has 163 valence electrons. The number of anilines is 1. The number of aromatic nitrogens is 1. The van der Waals surface area contributed by atoms with Crippen LogP contribution >= 0.6 is 0 Å². The van der Waals surface area contributed by atoms with Crippen molar-refractivity contribution in [2.45, 2.75) is 39.5 Å². The maximum Gasteiger partial charge on any atom is 0.305 e. The van der Waals surface area contributed by atoms with E-state index in [1.54, 1.807) is 0 Å². The molecule has 1 aliphatic heterocycles. The minimum Gasteiger partial charge on any atom is -0.493 e. The second-order valence-electron chi connectivity index (χ2n) is 7.97. The normalized spacial score (nSPS) is 12.8. The maximum absolute atomic E-state index is 11.0. The van der Waals surface area contributed by atoms with E-state index in [4.69, 9.17) is 14.3 Å². The van der Waals surface area contributed by atoms with Crippen LogP contribution in [-0.4, -0.2) is 65.3 Å². The zero-order chi connectivity index (χ0) is 21.8. The van der Waals surface area contributed by atoms with Crippen molar-refractivity contribution >= 4 is 41.2 Å². The topological polar surface area (TPSA) is 75.8 Å². The minimum absolute atomic E-state index is 0. The predicted molar refractivity (Wildman–Crippen MR) is 126 cm³/mol. The SMILES string of the molecule is Cc1ccc(-c2nc(CCOc3cccc4c3CCCN4CCC(=O)O)c(C)o2)cc1.[Na]. The molecule has 0 aliphatic carbocycles. The van der Waals surface area contributed by atoms with Gasteiger partial charge in [-0.2, -0.15) is 0 Å². The first kappa shape index (κ1) is 24.4. The molecule has 0 spiro atoms. The van der Waals surface area contributed by atoms with Gasteiger partial charge in [-0.3, -0.25) is 4.79 Å². The average molecular weight is 443 g/mol. The van der Waals surface area contributed by atoms with Gasteiger partial charge in [0.25, 0.3) is 0 Å². The number of rotatable bonds is 8. The third-order valence-corrected chi connectivity index (χ3v) is 5.69. The van der Waals surface area contributed by atoms with Gasteiger partial charge < -0.3 is 19.2 Å². The number of aliphatic carboxylic acids is 1. The van der Waals surface area contributed by atoms with E-state index in [1.165, 1.54) is 5.56 Å². The quantitative estimate of drug-likeness (QED) is 0.519. The summed E-state index contributed by atoms with van der Waals surface area (Å²) in [5.41, 5.74) is 5.33. The van der Waals surface area contributed by atoms with Crippen LogP contribution in [-0.2, 0) is 17.6 Å². The molecule has 0 fully saturated rings. The summed E-state index contributed by atoms with van der Waals surface area (Å²) in [6.45, 7) is 5.90. The van der Waals surface area contributed by atoms with E-state index in [9.17, 15) is 4.79 Å². The summed E-state index contributed by atoms with van der Waals surface area (Å²) in [7, 11) is 0. The molecule has 0 bridgehead atoms. The molecule has 32 heavy (non-hydrogen) atoms. The Kier molecular flexibility index (Phi) is 8.40. The van der Waals surface area contributed by atoms with E-state index in [1.807, 2.05) is 31.2 Å². The molecule has 0 unspecified atom stereocenters. The molecule has 0 saturated heterocycles. The van der Waals surface area contributed by atoms with E-state index < -0.39 is 5.97 Å². The fourth-order valence-corrected chi connectivity index (χ4v) is 4.00. The monoisotopic (exact) mass is 443 g/mol. The number of carbonyl (C=O) groups is 1. The summed E-state index contributed by atoms with van der Waals surface area (Å²) in [6.07, 6.45) is 2.73. The summed E-state index contributed by atoms with van der Waals surface area (Å²) >= 11 is 0. The van der Waals surface area contributed by atoms with Crippen LogP contribution in [0.4, 0.5) is 5.69 Å². The van der Waals surface area contributed by atoms with Gasteiger partial charge >= 0.3 is 5.97 Å². The zero-order valence-electron chi connectivity index (χ0n) is 19.1. The Morgan fingerprint density at radius 2 is 1.97 bits per heavy atom. The maximum atomic E-state index is 11.0. The second kappa shape index (κ2) is 11.0. The van der Waals surface area contributed by atoms with Gasteiger partial charge in [-0.1, -0.05) is 23.8 Å². The number of benzene rings is 2. The predicted octanol–water partition coefficient (Wildman–Crippen LogP) is 4.43. The Balaban J connectivity index is 0.00000289. The molecule has 1 radical (unpaired) electrons. The number of fused-ring (bicyclic) bond motifs is 1. The van der Waals surface area contributed by atoms with Crippen molar-refractivity contribution in [1.29, 1.82) is 0 Å². The molecule has 0 atom stereocenters. The van der Waals surface area contributed by atoms with Crippen LogP contribution in [0.15, 0.2) is 46.9 Å². The Morgan fingerprint density at radius 3 is 2.72 bits per heavy atom. The molecular weight excluding hydrogens is 415 g/mol. The Labute approximate surface area is 210 Å². The van der Waals surface area contributed by atoms with Crippen molar-refractivity contribution in [3.05, 3.63) is 65.0 Å². The molecule has 4 rings (SSSR count). The number of aryl methyl sites for hydroxylation is 2. The first-order chi connectivity index (χ1) is 15.0. The molecule has 2 heterocycles. The molecule has 1 N–H and O–H groups in total. The van der Waals surface area contributed by atoms with Gasteiger partial charge in [0.05, 0.1) is 18.7 Å². The molecule has 2 aromatic carbocycles. The smallest absolute Gasteiger partial charge is 0.305 e. The van der Waals surface area contributed by atoms with Crippen molar-refractivity contribution in [2.24, 2.45) is 0 Å². The van der Waals surface area contributed by atoms with E-state index in [2.05, 4.69) is 35.0 Å². The van der Waals surface area contributed by atoms with Crippen LogP contribution in [0.2, 0.25) is 0 Å². The molecule has 6 nitrogen and oxygen atoms in total. The number of hydrogen-bond acceptors (Lipinski definition) is 5. The summed E-state index contributed by atoms with van der Waals surface area (Å²) in [4.78, 5) is 17.8. The van der Waals surface area contributed by atoms with E-state index in [-0.39, 0.29) is 36.0 Å². The number of carboxylic acid groups (broad SMARTS) is 1. The third kappa shape index (κ3) is 5.74. The Morgan fingerprint density at radius 1 is 1.19 bits per heavy atom. The fraction of sp³-hybridized carbons (Fsp3) is 0.360. The van der Waals surface area contributed by atoms with Gasteiger partial charge in [-0.05, 0) is 51.0 Å². The van der Waals surface area contributed by atoms with Crippen LogP contribution < -0.4 is 9.64 Å². The minimum atomic E-state index is -0.771. The van der Waals surface area contributed by atoms with Gasteiger partial charge in [-0.15, -0.1) is 0 Å². The first-order valence-corrected chi connectivity index (χ1v) is 10.8. The molecule has 0 amide bonds. The van der Waals surface area contributed by atoms with Gasteiger partial charge in [0.1, 0.15) is 11.5 Å². The van der Waals surface area contributed by atoms with Gasteiger partial charge in [0.15, 0.2) is 0 Å². The van der Waals surface area contributed by atoms with E-state index in [0.29, 0.717) is 25.5 Å². The van der Waals surface area contributed by atoms with Gasteiger partial charge in [0.2, 0.25) is 5.89 Å². The first-order valence-electron chi connectivity index (χ1n) is 10.8. The summed E-state index contributed by atoms with van der Waals surface area (Å²) in [6, 6.07) is 14.2. The number of carboxylic acids is 1. The molecular formula is C25H28N2NaO4. The largest absolute Gasteiger partial charge is 0.493 e. The number of nitrogens with zero attached hydrogens (tertiary/aromatic N) is 2. The van der Waals surface area contributed by atoms with Crippen LogP contribution in [0, 0.1) is 13.8 Å². The van der Waals surface area contributed by atoms with Crippen molar-refractivity contribution in [2.75, 3.05) is 24.6 Å². The van der Waals surface area contributed by atoms with Crippen molar-refractivity contribution in [3.8, 4) is 17.2 Å². The van der Waals surface area contributed by atoms with E-state index >= 15 is 0 Å². The zero-order valence-corrected chi connectivity index (χ0v) is 21.1. The van der Waals surface area contributed by atoms with Crippen molar-refractivity contribution in [1.82, 2.24) is 4.98 Å². The van der Waals surface area contributed by atoms with Gasteiger partial charge in [0, 0.05) is 65.9 Å². The summed E-state index contributed by atoms with van der Waals surface area (Å²) in [5, 5.41) is 9.02. The van der Waals surface area contributed by atoms with Crippen molar-refractivity contribution < 1.29 is 19.1 Å². The molecule has 7 heteroatoms. The number of hydrogen-bond donors (Lipinski definition) is 1. The third-order valence-electron chi connectivity index (χ3n) is 5.69. The molecule has 0 saturated carbocycles. The van der Waals surface area contributed by atoms with Gasteiger partial charge in [-0.25, -0.2) is 4.98 Å². The number of ether oxygens (including phenoxy) is 1. The van der Waals surface area contributed by atoms with Crippen LogP contribution in [0.5, 0.6) is 5.75 Å². The average Bonchev–Trinajstić information content (AvgIpc) is 3.13. The standard InChI is InChI=1S/C25H28N2O4.Na/c1-17-8-10-19(11-9-17)25-26-21(18(2)31-25)13-16-30-23-7-3-6-22-20(23)5-4-14-27(22)15-12-24(28)29;/h3,6-11H,4-5,12-16H2,1-2H3,(H,28,29);. The van der Waals surface area contributed by atoms with Crippen LogP contribution in [0.25, 0.3) is 11.5 Å². The molecule has 3 aromatic rings. The van der Waals surface area contributed by atoms with E-state index in [0.717, 1.165) is 53.4 Å². The fourth-order valence-electron chi connectivity index (χ4n) is 4.00. The van der Waals surface area contributed by atoms with Crippen LogP contribution in [0.3, 0.4) is 0 Å².